The second-order valence-corrected chi connectivity index (χ2v) is 7.26. The molecule has 0 amide bonds. The van der Waals surface area contributed by atoms with Gasteiger partial charge >= 0.3 is 5.97 Å². The molecule has 0 unspecified atom stereocenters. The Bertz CT molecular complexity index is 728. The zero-order valence-electron chi connectivity index (χ0n) is 12.8. The lowest BCUT2D eigenvalue weighted by Gasteiger charge is -2.19. The molecule has 0 aromatic heterocycles. The number of carbonyl (C=O) groups excluding carboxylic acids is 1. The van der Waals surface area contributed by atoms with E-state index in [0.717, 1.165) is 0 Å². The van der Waals surface area contributed by atoms with Gasteiger partial charge in [0.05, 0.1) is 12.7 Å². The van der Waals surface area contributed by atoms with Crippen LogP contribution in [0.4, 0.5) is 0 Å². The smallest absolute Gasteiger partial charge is 0.337 e. The van der Waals surface area contributed by atoms with Crippen LogP contribution in [0.3, 0.4) is 0 Å². The van der Waals surface area contributed by atoms with Crippen LogP contribution in [0.2, 0.25) is 0 Å². The van der Waals surface area contributed by atoms with Gasteiger partial charge in [-0.15, -0.1) is 0 Å². The fourth-order valence-electron chi connectivity index (χ4n) is 2.47. The van der Waals surface area contributed by atoms with E-state index in [2.05, 4.69) is 48.5 Å². The third-order valence-corrected chi connectivity index (χ3v) is 6.02. The van der Waals surface area contributed by atoms with E-state index in [0.29, 0.717) is 5.56 Å². The third kappa shape index (κ3) is 3.49. The zero-order valence-corrected chi connectivity index (χ0v) is 13.7. The summed E-state index contributed by atoms with van der Waals surface area (Å²) in [5.41, 5.74) is 0.576. The Hall–Kier alpha value is -2.44. The molecule has 3 aromatic rings. The van der Waals surface area contributed by atoms with Crippen LogP contribution in [0.25, 0.3) is 0 Å². The number of esters is 1. The molecule has 0 spiro atoms. The van der Waals surface area contributed by atoms with Crippen molar-refractivity contribution in [3.05, 3.63) is 90.5 Å². The van der Waals surface area contributed by atoms with E-state index in [1.165, 1.54) is 23.0 Å². The normalized spacial score (nSPS) is 10.5. The van der Waals surface area contributed by atoms with Crippen molar-refractivity contribution < 1.29 is 9.53 Å². The monoisotopic (exact) mass is 320 g/mol. The van der Waals surface area contributed by atoms with E-state index in [4.69, 9.17) is 4.74 Å². The lowest BCUT2D eigenvalue weighted by Crippen LogP contribution is -2.20. The molecule has 0 aliphatic heterocycles. The van der Waals surface area contributed by atoms with Gasteiger partial charge in [0, 0.05) is 0 Å². The van der Waals surface area contributed by atoms with Crippen molar-refractivity contribution >= 4 is 29.8 Å². The second kappa shape index (κ2) is 7.21. The van der Waals surface area contributed by atoms with Gasteiger partial charge in [0.15, 0.2) is 0 Å². The van der Waals surface area contributed by atoms with Crippen molar-refractivity contribution in [2.24, 2.45) is 0 Å². The Labute approximate surface area is 137 Å². The minimum absolute atomic E-state index is 0.305. The first-order valence-electron chi connectivity index (χ1n) is 7.38. The second-order valence-electron chi connectivity index (χ2n) is 5.04. The maximum Gasteiger partial charge on any atom is 0.337 e. The van der Waals surface area contributed by atoms with Crippen LogP contribution in [0.1, 0.15) is 10.4 Å². The standard InChI is InChI=1S/C20H17O2P/c1-22-20(21)16-12-14-19(15-13-16)23(17-8-4-2-5-9-17)18-10-6-3-7-11-18/h2-15H,1H3. The largest absolute Gasteiger partial charge is 0.465 e. The van der Waals surface area contributed by atoms with Gasteiger partial charge in [0.1, 0.15) is 0 Å². The molecule has 0 aliphatic rings. The molecule has 23 heavy (non-hydrogen) atoms. The van der Waals surface area contributed by atoms with Gasteiger partial charge in [-0.3, -0.25) is 0 Å². The molecule has 0 heterocycles. The molecule has 0 aliphatic carbocycles. The summed E-state index contributed by atoms with van der Waals surface area (Å²) in [4.78, 5) is 11.6. The van der Waals surface area contributed by atoms with E-state index in [1.54, 1.807) is 0 Å². The topological polar surface area (TPSA) is 26.3 Å². The van der Waals surface area contributed by atoms with Gasteiger partial charge in [0.25, 0.3) is 0 Å². The van der Waals surface area contributed by atoms with Crippen molar-refractivity contribution in [1.29, 1.82) is 0 Å². The number of hydrogen-bond acceptors (Lipinski definition) is 2. The average molecular weight is 320 g/mol. The predicted molar refractivity (Wildman–Crippen MR) is 96.5 cm³/mol. The molecule has 0 bridgehead atoms. The van der Waals surface area contributed by atoms with Crippen LogP contribution in [0, 0.1) is 0 Å². The lowest BCUT2D eigenvalue weighted by molar-refractivity contribution is 0.0601. The van der Waals surface area contributed by atoms with Crippen LogP contribution >= 0.6 is 7.92 Å². The first-order valence-corrected chi connectivity index (χ1v) is 8.72. The number of carbonyl (C=O) groups is 1. The van der Waals surface area contributed by atoms with Crippen LogP contribution in [-0.4, -0.2) is 13.1 Å². The lowest BCUT2D eigenvalue weighted by atomic mass is 10.2. The third-order valence-electron chi connectivity index (χ3n) is 3.58. The summed E-state index contributed by atoms with van der Waals surface area (Å²) in [6.07, 6.45) is 0. The number of rotatable bonds is 4. The Balaban J connectivity index is 2.04. The molecule has 2 nitrogen and oxygen atoms in total. The quantitative estimate of drug-likeness (QED) is 0.545. The maximum absolute atomic E-state index is 11.6. The summed E-state index contributed by atoms with van der Waals surface area (Å²) in [5.74, 6) is -0.305. The van der Waals surface area contributed by atoms with Crippen molar-refractivity contribution in [2.75, 3.05) is 7.11 Å². The molecule has 0 saturated carbocycles. The molecule has 0 radical (unpaired) electrons. The van der Waals surface area contributed by atoms with Crippen molar-refractivity contribution in [3.63, 3.8) is 0 Å². The molecule has 114 valence electrons. The highest BCUT2D eigenvalue weighted by Crippen LogP contribution is 2.32. The zero-order chi connectivity index (χ0) is 16.1. The molecule has 0 saturated heterocycles. The Morgan fingerprint density at radius 2 is 1.13 bits per heavy atom. The van der Waals surface area contributed by atoms with Gasteiger partial charge < -0.3 is 4.74 Å². The maximum atomic E-state index is 11.6. The van der Waals surface area contributed by atoms with Crippen LogP contribution in [0.15, 0.2) is 84.9 Å². The van der Waals surface area contributed by atoms with Gasteiger partial charge in [-0.05, 0) is 36.0 Å². The molecule has 3 heteroatoms. The van der Waals surface area contributed by atoms with E-state index in [9.17, 15) is 4.79 Å². The highest BCUT2D eigenvalue weighted by Gasteiger charge is 2.16. The summed E-state index contributed by atoms with van der Waals surface area (Å²) in [6.45, 7) is 0. The molecular formula is C20H17O2P. The van der Waals surface area contributed by atoms with Gasteiger partial charge in [-0.25, -0.2) is 4.79 Å². The SMILES string of the molecule is COC(=O)c1ccc(P(c2ccccc2)c2ccccc2)cc1. The van der Waals surface area contributed by atoms with Crippen LogP contribution in [0.5, 0.6) is 0 Å². The molecule has 0 N–H and O–H groups in total. The summed E-state index contributed by atoms with van der Waals surface area (Å²) in [7, 11) is 0.766. The van der Waals surface area contributed by atoms with Crippen LogP contribution in [-0.2, 0) is 4.74 Å². The van der Waals surface area contributed by atoms with Crippen molar-refractivity contribution in [1.82, 2.24) is 0 Å². The van der Waals surface area contributed by atoms with Gasteiger partial charge in [-0.2, -0.15) is 0 Å². The minimum atomic E-state index is -0.634. The first-order chi connectivity index (χ1) is 11.3. The minimum Gasteiger partial charge on any atom is -0.465 e. The van der Waals surface area contributed by atoms with E-state index < -0.39 is 7.92 Å². The van der Waals surface area contributed by atoms with E-state index in [1.807, 2.05) is 36.4 Å². The van der Waals surface area contributed by atoms with E-state index >= 15 is 0 Å². The fourth-order valence-corrected chi connectivity index (χ4v) is 4.75. The number of ether oxygens (including phenoxy) is 1. The molecule has 0 atom stereocenters. The molecular weight excluding hydrogens is 303 g/mol. The number of hydrogen-bond donors (Lipinski definition) is 0. The first kappa shape index (κ1) is 15.5. The number of methoxy groups -OCH3 is 1. The highest BCUT2D eigenvalue weighted by atomic mass is 31.1. The summed E-state index contributed by atoms with van der Waals surface area (Å²) >= 11 is 0. The van der Waals surface area contributed by atoms with Crippen molar-refractivity contribution in [2.45, 2.75) is 0 Å². The average Bonchev–Trinajstić information content (AvgIpc) is 2.64. The number of benzene rings is 3. The molecule has 0 fully saturated rings. The predicted octanol–water partition coefficient (Wildman–Crippen LogP) is 3.23. The Morgan fingerprint density at radius 3 is 1.57 bits per heavy atom. The van der Waals surface area contributed by atoms with Crippen molar-refractivity contribution in [3.8, 4) is 0 Å². The highest BCUT2D eigenvalue weighted by molar-refractivity contribution is 7.79. The van der Waals surface area contributed by atoms with Gasteiger partial charge in [-0.1, -0.05) is 72.8 Å². The summed E-state index contributed by atoms with van der Waals surface area (Å²) in [6, 6.07) is 28.7. The van der Waals surface area contributed by atoms with E-state index in [-0.39, 0.29) is 5.97 Å². The summed E-state index contributed by atoms with van der Waals surface area (Å²) < 4.78 is 4.77. The molecule has 3 rings (SSSR count). The fraction of sp³-hybridized carbons (Fsp3) is 0.0500. The molecule has 3 aromatic carbocycles. The van der Waals surface area contributed by atoms with Gasteiger partial charge in [0.2, 0.25) is 0 Å². The van der Waals surface area contributed by atoms with Crippen LogP contribution < -0.4 is 15.9 Å². The Kier molecular flexibility index (Phi) is 4.85. The summed E-state index contributed by atoms with van der Waals surface area (Å²) in [5, 5.41) is 3.80. The Morgan fingerprint density at radius 1 is 0.696 bits per heavy atom.